The van der Waals surface area contributed by atoms with Crippen LogP contribution in [0.15, 0.2) is 12.1 Å². The van der Waals surface area contributed by atoms with Gasteiger partial charge in [0, 0.05) is 51.7 Å². The number of carbonyl (C=O) groups is 1. The van der Waals surface area contributed by atoms with Crippen molar-refractivity contribution < 1.29 is 4.79 Å². The molecule has 2 fully saturated rings. The summed E-state index contributed by atoms with van der Waals surface area (Å²) in [6.45, 7) is 6.04. The number of hydrogen-bond donors (Lipinski definition) is 0. The van der Waals surface area contributed by atoms with Crippen molar-refractivity contribution in [1.29, 1.82) is 0 Å². The number of aromatic nitrogens is 1. The van der Waals surface area contributed by atoms with E-state index in [0.29, 0.717) is 6.04 Å². The van der Waals surface area contributed by atoms with Gasteiger partial charge in [-0.25, -0.2) is 4.98 Å². The molecule has 1 aromatic heterocycles. The van der Waals surface area contributed by atoms with Crippen LogP contribution in [-0.4, -0.2) is 66.0 Å². The van der Waals surface area contributed by atoms with Crippen molar-refractivity contribution in [3.63, 3.8) is 0 Å². The number of hydrogen-bond acceptors (Lipinski definition) is 4. The van der Waals surface area contributed by atoms with Crippen LogP contribution in [0.3, 0.4) is 0 Å². The Bertz CT molecular complexity index is 635. The number of nitrogens with zero attached hydrogens (tertiary/aromatic N) is 4. The molecule has 1 saturated heterocycles. The molecular formula is C20H30N4O. The standard InChI is InChI=1S/C20H30N4O/c1-3-23-14-11-18-17(20(23)25)7-8-19(21-18)22(2)15-9-12-24(13-10-15)16-5-4-6-16/h7-8,15-16H,3-6,9-14H2,1-2H3. The summed E-state index contributed by atoms with van der Waals surface area (Å²) in [5, 5.41) is 0. The number of likely N-dealkylation sites (N-methyl/N-ethyl adjacent to an activating group) is 1. The van der Waals surface area contributed by atoms with Crippen LogP contribution in [0.2, 0.25) is 0 Å². The van der Waals surface area contributed by atoms with Gasteiger partial charge in [0.1, 0.15) is 5.82 Å². The lowest BCUT2D eigenvalue weighted by Gasteiger charge is -2.43. The third-order valence-corrected chi connectivity index (χ3v) is 6.48. The molecule has 0 aromatic carbocycles. The summed E-state index contributed by atoms with van der Waals surface area (Å²) in [5.74, 6) is 1.16. The maximum absolute atomic E-state index is 12.4. The number of carbonyl (C=O) groups excluding carboxylic acids is 1. The maximum atomic E-state index is 12.4. The van der Waals surface area contributed by atoms with Gasteiger partial charge in [-0.15, -0.1) is 0 Å². The molecule has 0 bridgehead atoms. The molecule has 1 aliphatic carbocycles. The predicted octanol–water partition coefficient (Wildman–Crippen LogP) is 2.55. The van der Waals surface area contributed by atoms with Crippen molar-refractivity contribution in [2.45, 2.75) is 57.5 Å². The van der Waals surface area contributed by atoms with Gasteiger partial charge in [-0.2, -0.15) is 0 Å². The van der Waals surface area contributed by atoms with E-state index in [1.165, 1.54) is 45.2 Å². The summed E-state index contributed by atoms with van der Waals surface area (Å²) >= 11 is 0. The van der Waals surface area contributed by atoms with Gasteiger partial charge in [-0.3, -0.25) is 4.79 Å². The fraction of sp³-hybridized carbons (Fsp3) is 0.700. The molecule has 1 aromatic rings. The lowest BCUT2D eigenvalue weighted by molar-refractivity contribution is 0.0747. The van der Waals surface area contributed by atoms with Crippen LogP contribution < -0.4 is 4.90 Å². The van der Waals surface area contributed by atoms with Crippen LogP contribution in [0.25, 0.3) is 0 Å². The van der Waals surface area contributed by atoms with Crippen LogP contribution in [0.4, 0.5) is 5.82 Å². The van der Waals surface area contributed by atoms with E-state index in [2.05, 4.69) is 16.8 Å². The van der Waals surface area contributed by atoms with Crippen LogP contribution in [0.1, 0.15) is 55.1 Å². The fourth-order valence-corrected chi connectivity index (χ4v) is 4.46. The van der Waals surface area contributed by atoms with Crippen LogP contribution in [0, 0.1) is 0 Å². The summed E-state index contributed by atoms with van der Waals surface area (Å²) < 4.78 is 0. The molecular weight excluding hydrogens is 312 g/mol. The van der Waals surface area contributed by atoms with Crippen molar-refractivity contribution in [3.05, 3.63) is 23.4 Å². The minimum atomic E-state index is 0.138. The Hall–Kier alpha value is -1.62. The minimum Gasteiger partial charge on any atom is -0.357 e. The fourth-order valence-electron chi connectivity index (χ4n) is 4.46. The van der Waals surface area contributed by atoms with Gasteiger partial charge >= 0.3 is 0 Å². The van der Waals surface area contributed by atoms with Gasteiger partial charge in [0.2, 0.25) is 0 Å². The first-order valence-electron chi connectivity index (χ1n) is 9.93. The highest BCUT2D eigenvalue weighted by Crippen LogP contribution is 2.29. The second kappa shape index (κ2) is 6.94. The van der Waals surface area contributed by atoms with E-state index in [1.54, 1.807) is 0 Å². The van der Waals surface area contributed by atoms with E-state index < -0.39 is 0 Å². The van der Waals surface area contributed by atoms with Crippen LogP contribution in [-0.2, 0) is 6.42 Å². The van der Waals surface area contributed by atoms with Crippen molar-refractivity contribution >= 4 is 11.7 Å². The summed E-state index contributed by atoms with van der Waals surface area (Å²) in [7, 11) is 2.17. The molecule has 0 unspecified atom stereocenters. The Labute approximate surface area is 151 Å². The molecule has 0 N–H and O–H groups in total. The topological polar surface area (TPSA) is 39.7 Å². The third-order valence-electron chi connectivity index (χ3n) is 6.48. The number of pyridine rings is 1. The lowest BCUT2D eigenvalue weighted by Crippen LogP contribution is -2.49. The maximum Gasteiger partial charge on any atom is 0.255 e. The Morgan fingerprint density at radius 2 is 1.92 bits per heavy atom. The number of anilines is 1. The van der Waals surface area contributed by atoms with E-state index in [1.807, 2.05) is 24.0 Å². The molecule has 0 radical (unpaired) electrons. The van der Waals surface area contributed by atoms with Crippen LogP contribution >= 0.6 is 0 Å². The first kappa shape index (κ1) is 16.8. The minimum absolute atomic E-state index is 0.138. The van der Waals surface area contributed by atoms with Crippen molar-refractivity contribution in [3.8, 4) is 0 Å². The SMILES string of the molecule is CCN1CCc2nc(N(C)C3CCN(C4CCC4)CC3)ccc2C1=O. The molecule has 1 amide bonds. The molecule has 0 spiro atoms. The van der Waals surface area contributed by atoms with Gasteiger partial charge in [-0.05, 0) is 44.7 Å². The first-order valence-corrected chi connectivity index (χ1v) is 9.93. The molecule has 2 aliphatic heterocycles. The van der Waals surface area contributed by atoms with Crippen molar-refractivity contribution in [1.82, 2.24) is 14.8 Å². The van der Waals surface area contributed by atoms with Gasteiger partial charge in [-0.1, -0.05) is 6.42 Å². The Balaban J connectivity index is 1.43. The number of likely N-dealkylation sites (tertiary alicyclic amines) is 1. The van der Waals surface area contributed by atoms with Gasteiger partial charge in [0.15, 0.2) is 0 Å². The van der Waals surface area contributed by atoms with E-state index in [-0.39, 0.29) is 5.91 Å². The Kier molecular flexibility index (Phi) is 4.67. The molecule has 5 nitrogen and oxygen atoms in total. The van der Waals surface area contributed by atoms with Gasteiger partial charge < -0.3 is 14.7 Å². The van der Waals surface area contributed by atoms with Gasteiger partial charge in [0.25, 0.3) is 5.91 Å². The van der Waals surface area contributed by atoms with Crippen LogP contribution in [0.5, 0.6) is 0 Å². The van der Waals surface area contributed by atoms with E-state index in [4.69, 9.17) is 4.98 Å². The van der Waals surface area contributed by atoms with Crippen molar-refractivity contribution in [2.75, 3.05) is 38.1 Å². The highest BCUT2D eigenvalue weighted by atomic mass is 16.2. The first-order chi connectivity index (χ1) is 12.2. The molecule has 1 saturated carbocycles. The van der Waals surface area contributed by atoms with Gasteiger partial charge in [0.05, 0.1) is 11.3 Å². The average Bonchev–Trinajstić information content (AvgIpc) is 2.60. The average molecular weight is 342 g/mol. The lowest BCUT2D eigenvalue weighted by atomic mass is 9.89. The summed E-state index contributed by atoms with van der Waals surface area (Å²) in [5.41, 5.74) is 1.77. The zero-order valence-electron chi connectivity index (χ0n) is 15.6. The molecule has 5 heteroatoms. The highest BCUT2D eigenvalue weighted by Gasteiger charge is 2.31. The normalized spacial score (nSPS) is 22.6. The summed E-state index contributed by atoms with van der Waals surface area (Å²) in [6, 6.07) is 5.45. The molecule has 0 atom stereocenters. The number of amides is 1. The molecule has 136 valence electrons. The van der Waals surface area contributed by atoms with E-state index >= 15 is 0 Å². The molecule has 4 rings (SSSR count). The van der Waals surface area contributed by atoms with Crippen molar-refractivity contribution in [2.24, 2.45) is 0 Å². The number of piperidine rings is 1. The molecule has 25 heavy (non-hydrogen) atoms. The Morgan fingerprint density at radius 1 is 1.16 bits per heavy atom. The summed E-state index contributed by atoms with van der Waals surface area (Å²) in [6.07, 6.45) is 7.52. The smallest absolute Gasteiger partial charge is 0.255 e. The second-order valence-electron chi connectivity index (χ2n) is 7.76. The summed E-state index contributed by atoms with van der Waals surface area (Å²) in [4.78, 5) is 24.2. The zero-order valence-corrected chi connectivity index (χ0v) is 15.6. The monoisotopic (exact) mass is 342 g/mol. The molecule has 3 heterocycles. The zero-order chi connectivity index (χ0) is 17.4. The quantitative estimate of drug-likeness (QED) is 0.843. The predicted molar refractivity (Wildman–Crippen MR) is 100 cm³/mol. The molecule has 3 aliphatic rings. The van der Waals surface area contributed by atoms with E-state index in [0.717, 1.165) is 42.6 Å². The number of rotatable bonds is 4. The third kappa shape index (κ3) is 3.14. The van der Waals surface area contributed by atoms with E-state index in [9.17, 15) is 4.79 Å². The largest absolute Gasteiger partial charge is 0.357 e. The Morgan fingerprint density at radius 3 is 2.56 bits per heavy atom. The second-order valence-corrected chi connectivity index (χ2v) is 7.76. The number of fused-ring (bicyclic) bond motifs is 1. The highest BCUT2D eigenvalue weighted by molar-refractivity contribution is 5.96.